The Bertz CT molecular complexity index is 444. The Morgan fingerprint density at radius 1 is 1.18 bits per heavy atom. The highest BCUT2D eigenvalue weighted by Crippen LogP contribution is 2.61. The second-order valence-electron chi connectivity index (χ2n) is 5.82. The second-order valence-corrected chi connectivity index (χ2v) is 6.23. The van der Waals surface area contributed by atoms with Crippen LogP contribution in [0.25, 0.3) is 0 Å². The van der Waals surface area contributed by atoms with Crippen molar-refractivity contribution in [1.82, 2.24) is 0 Å². The maximum atomic E-state index is 6.47. The maximum absolute atomic E-state index is 6.47. The van der Waals surface area contributed by atoms with Crippen LogP contribution in [0.2, 0.25) is 5.02 Å². The van der Waals surface area contributed by atoms with Crippen molar-refractivity contribution >= 4 is 11.6 Å². The van der Waals surface area contributed by atoms with Gasteiger partial charge in [0.2, 0.25) is 0 Å². The number of aryl methyl sites for hydroxylation is 2. The van der Waals surface area contributed by atoms with Gasteiger partial charge < -0.3 is 5.73 Å². The van der Waals surface area contributed by atoms with Crippen LogP contribution in [0.4, 0.5) is 0 Å². The summed E-state index contributed by atoms with van der Waals surface area (Å²) in [4.78, 5) is 0. The summed E-state index contributed by atoms with van der Waals surface area (Å²) >= 11 is 6.14. The van der Waals surface area contributed by atoms with E-state index in [2.05, 4.69) is 26.0 Å². The Hall–Kier alpha value is -0.530. The summed E-state index contributed by atoms with van der Waals surface area (Å²) in [6.07, 6.45) is 4.21. The molecule has 0 saturated heterocycles. The lowest BCUT2D eigenvalue weighted by Gasteiger charge is -2.18. The van der Waals surface area contributed by atoms with E-state index in [4.69, 9.17) is 17.3 Å². The average Bonchev–Trinajstić information content (AvgIpc) is 2.76. The smallest absolute Gasteiger partial charge is 0.0438 e. The minimum absolute atomic E-state index is 0.223. The minimum atomic E-state index is 0.223. The van der Waals surface area contributed by atoms with E-state index in [1.54, 1.807) is 0 Å². The van der Waals surface area contributed by atoms with E-state index in [9.17, 15) is 0 Å². The van der Waals surface area contributed by atoms with E-state index in [1.165, 1.54) is 30.4 Å². The SMILES string of the molecule is Cc1cc(C(N)C2C3CCCC32)c(C)cc1Cl. The Labute approximate surface area is 108 Å². The van der Waals surface area contributed by atoms with Gasteiger partial charge in [0.25, 0.3) is 0 Å². The van der Waals surface area contributed by atoms with Crippen LogP contribution in [-0.4, -0.2) is 0 Å². The van der Waals surface area contributed by atoms with Gasteiger partial charge in [0.15, 0.2) is 0 Å². The topological polar surface area (TPSA) is 26.0 Å². The molecule has 17 heavy (non-hydrogen) atoms. The molecule has 3 atom stereocenters. The molecule has 2 N–H and O–H groups in total. The summed E-state index contributed by atoms with van der Waals surface area (Å²) in [5.74, 6) is 2.57. The van der Waals surface area contributed by atoms with Gasteiger partial charge in [-0.15, -0.1) is 0 Å². The first kappa shape index (κ1) is 11.6. The second kappa shape index (κ2) is 4.00. The van der Waals surface area contributed by atoms with Crippen LogP contribution in [-0.2, 0) is 0 Å². The van der Waals surface area contributed by atoms with Crippen LogP contribution in [0.5, 0.6) is 0 Å². The van der Waals surface area contributed by atoms with Crippen molar-refractivity contribution < 1.29 is 0 Å². The molecule has 0 amide bonds. The van der Waals surface area contributed by atoms with E-state index >= 15 is 0 Å². The van der Waals surface area contributed by atoms with Crippen LogP contribution in [0.15, 0.2) is 12.1 Å². The van der Waals surface area contributed by atoms with Crippen LogP contribution in [0.1, 0.15) is 42.0 Å². The number of benzene rings is 1. The van der Waals surface area contributed by atoms with Gasteiger partial charge in [-0.2, -0.15) is 0 Å². The van der Waals surface area contributed by atoms with Crippen LogP contribution < -0.4 is 5.73 Å². The predicted molar refractivity (Wildman–Crippen MR) is 72.2 cm³/mol. The fraction of sp³-hybridized carbons (Fsp3) is 0.600. The number of nitrogens with two attached hydrogens (primary N) is 1. The molecule has 2 aliphatic rings. The van der Waals surface area contributed by atoms with Crippen molar-refractivity contribution in [3.63, 3.8) is 0 Å². The van der Waals surface area contributed by atoms with E-state index in [1.807, 2.05) is 0 Å². The number of hydrogen-bond donors (Lipinski definition) is 1. The summed E-state index contributed by atoms with van der Waals surface area (Å²) in [7, 11) is 0. The van der Waals surface area contributed by atoms with Crippen molar-refractivity contribution in [3.05, 3.63) is 33.8 Å². The molecule has 3 unspecified atom stereocenters. The van der Waals surface area contributed by atoms with Gasteiger partial charge in [0, 0.05) is 11.1 Å². The molecule has 2 saturated carbocycles. The van der Waals surface area contributed by atoms with Gasteiger partial charge in [-0.3, -0.25) is 0 Å². The van der Waals surface area contributed by atoms with Gasteiger partial charge in [0.05, 0.1) is 0 Å². The molecule has 0 aliphatic heterocycles. The van der Waals surface area contributed by atoms with E-state index in [0.717, 1.165) is 28.3 Å². The summed E-state index contributed by atoms with van der Waals surface area (Å²) < 4.78 is 0. The molecule has 0 radical (unpaired) electrons. The highest BCUT2D eigenvalue weighted by atomic mass is 35.5. The number of fused-ring (bicyclic) bond motifs is 1. The Morgan fingerprint density at radius 3 is 2.47 bits per heavy atom. The molecule has 0 heterocycles. The zero-order valence-corrected chi connectivity index (χ0v) is 11.3. The van der Waals surface area contributed by atoms with Gasteiger partial charge in [-0.25, -0.2) is 0 Å². The lowest BCUT2D eigenvalue weighted by molar-refractivity contribution is 0.500. The van der Waals surface area contributed by atoms with Crippen LogP contribution in [0.3, 0.4) is 0 Å². The summed E-state index contributed by atoms with van der Waals surface area (Å²) in [5, 5.41) is 0.856. The van der Waals surface area contributed by atoms with Crippen molar-refractivity contribution in [2.24, 2.45) is 23.5 Å². The normalized spacial score (nSPS) is 32.4. The first-order chi connectivity index (χ1) is 8.09. The molecule has 2 aliphatic carbocycles. The molecular weight excluding hydrogens is 230 g/mol. The molecule has 3 rings (SSSR count). The van der Waals surface area contributed by atoms with E-state index in [-0.39, 0.29) is 6.04 Å². The quantitative estimate of drug-likeness (QED) is 0.842. The fourth-order valence-electron chi connectivity index (χ4n) is 3.78. The third kappa shape index (κ3) is 1.80. The summed E-state index contributed by atoms with van der Waals surface area (Å²) in [6, 6.07) is 4.47. The highest BCUT2D eigenvalue weighted by Gasteiger charge is 2.55. The number of halogens is 1. The molecule has 1 aromatic rings. The summed E-state index contributed by atoms with van der Waals surface area (Å²) in [6.45, 7) is 4.18. The lowest BCUT2D eigenvalue weighted by atomic mass is 9.93. The Morgan fingerprint density at radius 2 is 1.82 bits per heavy atom. The zero-order valence-electron chi connectivity index (χ0n) is 10.5. The monoisotopic (exact) mass is 249 g/mol. The Kier molecular flexibility index (Phi) is 2.72. The van der Waals surface area contributed by atoms with Crippen LogP contribution >= 0.6 is 11.6 Å². The summed E-state index contributed by atoms with van der Waals surface area (Å²) in [5.41, 5.74) is 10.2. The number of hydrogen-bond acceptors (Lipinski definition) is 1. The van der Waals surface area contributed by atoms with Crippen molar-refractivity contribution in [2.75, 3.05) is 0 Å². The van der Waals surface area contributed by atoms with Gasteiger partial charge in [0.1, 0.15) is 0 Å². The minimum Gasteiger partial charge on any atom is -0.324 e. The molecule has 2 heteroatoms. The Balaban J connectivity index is 1.87. The van der Waals surface area contributed by atoms with E-state index in [0.29, 0.717) is 0 Å². The molecule has 0 spiro atoms. The van der Waals surface area contributed by atoms with Crippen molar-refractivity contribution in [1.29, 1.82) is 0 Å². The first-order valence-electron chi connectivity index (χ1n) is 6.62. The fourth-order valence-corrected chi connectivity index (χ4v) is 4.00. The zero-order chi connectivity index (χ0) is 12.2. The number of rotatable bonds is 2. The highest BCUT2D eigenvalue weighted by molar-refractivity contribution is 6.31. The van der Waals surface area contributed by atoms with Crippen molar-refractivity contribution in [2.45, 2.75) is 39.2 Å². The molecule has 92 valence electrons. The lowest BCUT2D eigenvalue weighted by Crippen LogP contribution is -2.17. The predicted octanol–water partition coefficient (Wildman–Crippen LogP) is 4.00. The largest absolute Gasteiger partial charge is 0.324 e. The van der Waals surface area contributed by atoms with Gasteiger partial charge >= 0.3 is 0 Å². The van der Waals surface area contributed by atoms with E-state index < -0.39 is 0 Å². The van der Waals surface area contributed by atoms with Gasteiger partial charge in [-0.1, -0.05) is 24.1 Å². The molecule has 0 bridgehead atoms. The van der Waals surface area contributed by atoms with Gasteiger partial charge in [-0.05, 0) is 67.2 Å². The standard InChI is InChI=1S/C15H20ClN/c1-8-7-13(16)9(2)6-12(8)15(17)14-10-4-3-5-11(10)14/h6-7,10-11,14-15H,3-5,17H2,1-2H3. The molecule has 1 aromatic carbocycles. The molecule has 2 fully saturated rings. The van der Waals surface area contributed by atoms with Crippen LogP contribution in [0, 0.1) is 31.6 Å². The third-order valence-electron chi connectivity index (χ3n) is 4.79. The maximum Gasteiger partial charge on any atom is 0.0438 e. The molecular formula is C15H20ClN. The third-order valence-corrected chi connectivity index (χ3v) is 5.20. The average molecular weight is 250 g/mol. The molecule has 1 nitrogen and oxygen atoms in total. The van der Waals surface area contributed by atoms with Crippen molar-refractivity contribution in [3.8, 4) is 0 Å². The molecule has 0 aromatic heterocycles. The first-order valence-corrected chi connectivity index (χ1v) is 6.99.